The standard InChI is InChI=1S/C14H18FN3O6.C10H14FN3O4.C4H7ClO/c1-7(19)22-6-9-11(23-8(2)20)14(3,15)12(24-9)18-5-4-10(16)17-13(18)21;1-10(11)7(16)5(4-15)18-8(10)14-3-2-6(12)13-9(14)17;1-3(2)4(5)6/h4-5,9,11-12H,6H2,1-3H3,(H2,16,17,21);2-3,5,7-8,15-16H,4H2,1H3,(H2,12,13,17);3H,1-2H3/t9-,11-,12-,14-;5-,7-,8-,10-;/m11./s1. The zero-order valence-corrected chi connectivity index (χ0v) is 27.7. The van der Waals surface area contributed by atoms with Crippen LogP contribution in [-0.4, -0.2) is 95.5 Å². The normalized spacial score (nSPS) is 29.2. The zero-order valence-electron chi connectivity index (χ0n) is 26.9. The Morgan fingerprint density at radius 3 is 1.75 bits per heavy atom. The van der Waals surface area contributed by atoms with E-state index in [9.17, 15) is 33.5 Å². The van der Waals surface area contributed by atoms with Crippen LogP contribution in [0.4, 0.5) is 20.4 Å². The molecule has 0 spiro atoms. The smallest absolute Gasteiger partial charge is 0.351 e. The largest absolute Gasteiger partial charge is 0.463 e. The third kappa shape index (κ3) is 9.75. The van der Waals surface area contributed by atoms with Gasteiger partial charge in [-0.1, -0.05) is 13.8 Å². The number of nitrogen functional groups attached to an aromatic ring is 2. The van der Waals surface area contributed by atoms with Gasteiger partial charge < -0.3 is 40.6 Å². The SMILES string of the molecule is CC(=O)OC[C@H]1O[C@@H](n2ccc(N)nc2=O)[C@](C)(F)[C@@H]1OC(C)=O.CC(C)C(=O)Cl.C[C@@]1(F)[C@H](O)[C@@H](CO)O[C@H]1n1ccc(N)nc1=O. The van der Waals surface area contributed by atoms with Gasteiger partial charge in [-0.15, -0.1) is 0 Å². The Morgan fingerprint density at radius 1 is 0.958 bits per heavy atom. The number of hydrogen-bond donors (Lipinski definition) is 4. The van der Waals surface area contributed by atoms with Crippen molar-refractivity contribution in [2.75, 3.05) is 24.7 Å². The molecule has 4 heterocycles. The Hall–Kier alpha value is -4.04. The van der Waals surface area contributed by atoms with Crippen LogP contribution in [0.1, 0.15) is 54.0 Å². The Bertz CT molecular complexity index is 1570. The fourth-order valence-corrected chi connectivity index (χ4v) is 4.48. The minimum absolute atomic E-state index is 0.00839. The molecule has 2 aromatic rings. The maximum absolute atomic E-state index is 15.3. The van der Waals surface area contributed by atoms with Gasteiger partial charge in [0, 0.05) is 32.2 Å². The highest BCUT2D eigenvalue weighted by Gasteiger charge is 2.58. The average molecular weight is 709 g/mol. The first-order chi connectivity index (χ1) is 22.1. The van der Waals surface area contributed by atoms with Crippen LogP contribution in [0, 0.1) is 5.92 Å². The molecule has 0 amide bonds. The second-order valence-electron chi connectivity index (χ2n) is 11.4. The Labute approximate surface area is 277 Å². The molecule has 2 fully saturated rings. The number of esters is 2. The van der Waals surface area contributed by atoms with Crippen molar-refractivity contribution in [3.8, 4) is 0 Å². The van der Waals surface area contributed by atoms with Gasteiger partial charge in [-0.25, -0.2) is 18.4 Å². The van der Waals surface area contributed by atoms with Gasteiger partial charge >= 0.3 is 23.3 Å². The summed E-state index contributed by atoms with van der Waals surface area (Å²) < 4.78 is 51.9. The lowest BCUT2D eigenvalue weighted by atomic mass is 9.98. The van der Waals surface area contributed by atoms with E-state index in [4.69, 9.17) is 47.1 Å². The number of ether oxygens (including phenoxy) is 4. The molecule has 2 aromatic heterocycles. The van der Waals surface area contributed by atoms with Crippen LogP contribution in [0.25, 0.3) is 0 Å². The molecule has 268 valence electrons. The quantitative estimate of drug-likeness (QED) is 0.221. The van der Waals surface area contributed by atoms with Gasteiger partial charge in [0.15, 0.2) is 29.9 Å². The molecule has 8 atom stereocenters. The summed E-state index contributed by atoms with van der Waals surface area (Å²) in [6.07, 6.45) is -5.39. The molecule has 0 radical (unpaired) electrons. The fourth-order valence-electron chi connectivity index (χ4n) is 4.48. The number of nitrogens with two attached hydrogens (primary N) is 2. The molecule has 0 saturated carbocycles. The van der Waals surface area contributed by atoms with E-state index in [1.165, 1.54) is 31.5 Å². The van der Waals surface area contributed by atoms with Gasteiger partial charge in [0.1, 0.15) is 36.6 Å². The molecule has 4 rings (SSSR count). The van der Waals surface area contributed by atoms with Gasteiger partial charge in [0.25, 0.3) is 0 Å². The fraction of sp³-hybridized carbons (Fsp3) is 0.607. The number of aliphatic hydroxyl groups excluding tert-OH is 2. The number of aromatic nitrogens is 4. The lowest BCUT2D eigenvalue weighted by Crippen LogP contribution is -2.45. The number of alkyl halides is 2. The topological polar surface area (TPSA) is 250 Å². The van der Waals surface area contributed by atoms with Crippen molar-refractivity contribution in [1.29, 1.82) is 0 Å². The molecular weight excluding hydrogens is 670 g/mol. The summed E-state index contributed by atoms with van der Waals surface area (Å²) in [6.45, 7) is 7.15. The minimum Gasteiger partial charge on any atom is -0.463 e. The second kappa shape index (κ2) is 16.4. The number of carbonyl (C=O) groups is 3. The van der Waals surface area contributed by atoms with Gasteiger partial charge in [0.05, 0.1) is 6.61 Å². The number of carbonyl (C=O) groups excluding carboxylic acids is 3. The summed E-state index contributed by atoms with van der Waals surface area (Å²) in [6, 6.07) is 2.63. The third-order valence-electron chi connectivity index (χ3n) is 6.98. The van der Waals surface area contributed by atoms with E-state index in [1.54, 1.807) is 13.8 Å². The monoisotopic (exact) mass is 708 g/mol. The number of hydrogen-bond acceptors (Lipinski definition) is 15. The van der Waals surface area contributed by atoms with Crippen LogP contribution < -0.4 is 22.8 Å². The molecule has 2 aliphatic heterocycles. The number of anilines is 2. The highest BCUT2D eigenvalue weighted by atomic mass is 35.5. The van der Waals surface area contributed by atoms with Crippen molar-refractivity contribution >= 4 is 40.4 Å². The van der Waals surface area contributed by atoms with Crippen molar-refractivity contribution in [1.82, 2.24) is 19.1 Å². The summed E-state index contributed by atoms with van der Waals surface area (Å²) >= 11 is 4.97. The Morgan fingerprint density at radius 2 is 1.40 bits per heavy atom. The van der Waals surface area contributed by atoms with Gasteiger partial charge in [-0.3, -0.25) is 23.5 Å². The predicted octanol–water partition coefficient (Wildman–Crippen LogP) is 0.158. The Kier molecular flexibility index (Phi) is 13.7. The first-order valence-corrected chi connectivity index (χ1v) is 14.7. The van der Waals surface area contributed by atoms with Crippen LogP contribution in [0.2, 0.25) is 0 Å². The van der Waals surface area contributed by atoms with Crippen LogP contribution in [0.15, 0.2) is 34.1 Å². The van der Waals surface area contributed by atoms with E-state index in [0.717, 1.165) is 29.9 Å². The summed E-state index contributed by atoms with van der Waals surface area (Å²) in [4.78, 5) is 62.7. The average Bonchev–Trinajstić information content (AvgIpc) is 3.35. The first kappa shape index (κ1) is 40.1. The van der Waals surface area contributed by atoms with Crippen molar-refractivity contribution in [2.45, 2.75) is 89.8 Å². The summed E-state index contributed by atoms with van der Waals surface area (Å²) in [7, 11) is 0. The van der Waals surface area contributed by atoms with Crippen molar-refractivity contribution in [3.63, 3.8) is 0 Å². The van der Waals surface area contributed by atoms with Gasteiger partial charge in [-0.2, -0.15) is 9.97 Å². The van der Waals surface area contributed by atoms with E-state index < -0.39 is 78.1 Å². The molecule has 6 N–H and O–H groups in total. The van der Waals surface area contributed by atoms with Crippen LogP contribution in [0.3, 0.4) is 0 Å². The van der Waals surface area contributed by atoms with Crippen LogP contribution in [0.5, 0.6) is 0 Å². The van der Waals surface area contributed by atoms with E-state index in [1.807, 2.05) is 0 Å². The lowest BCUT2D eigenvalue weighted by Gasteiger charge is -2.27. The molecule has 20 heteroatoms. The lowest BCUT2D eigenvalue weighted by molar-refractivity contribution is -0.158. The highest BCUT2D eigenvalue weighted by Crippen LogP contribution is 2.43. The minimum atomic E-state index is -2.27. The van der Waals surface area contributed by atoms with E-state index >= 15 is 4.39 Å². The third-order valence-corrected chi connectivity index (χ3v) is 7.42. The van der Waals surface area contributed by atoms with E-state index in [0.29, 0.717) is 0 Å². The number of aliphatic hydroxyl groups is 2. The Balaban J connectivity index is 0.000000293. The van der Waals surface area contributed by atoms with Crippen LogP contribution >= 0.6 is 11.6 Å². The zero-order chi connectivity index (χ0) is 36.7. The number of halogens is 3. The van der Waals surface area contributed by atoms with Crippen molar-refractivity contribution in [3.05, 3.63) is 45.5 Å². The number of nitrogens with zero attached hydrogens (tertiary/aromatic N) is 4. The molecule has 17 nitrogen and oxygen atoms in total. The summed E-state index contributed by atoms with van der Waals surface area (Å²) in [5.41, 5.74) is 4.65. The molecular formula is C28H39ClF2N6O11. The summed E-state index contributed by atoms with van der Waals surface area (Å²) in [5, 5.41) is 18.4. The first-order valence-electron chi connectivity index (χ1n) is 14.3. The number of rotatable bonds is 7. The molecule has 48 heavy (non-hydrogen) atoms. The molecule has 2 aliphatic rings. The summed E-state index contributed by atoms with van der Waals surface area (Å²) in [5.74, 6) is -1.37. The maximum atomic E-state index is 15.3. The van der Waals surface area contributed by atoms with Gasteiger partial charge in [0.2, 0.25) is 5.24 Å². The maximum Gasteiger partial charge on any atom is 0.351 e. The van der Waals surface area contributed by atoms with Gasteiger partial charge in [-0.05, 0) is 37.6 Å². The molecule has 0 bridgehead atoms. The molecule has 2 saturated heterocycles. The predicted molar refractivity (Wildman–Crippen MR) is 164 cm³/mol. The van der Waals surface area contributed by atoms with E-state index in [-0.39, 0.29) is 29.4 Å². The molecule has 0 aliphatic carbocycles. The van der Waals surface area contributed by atoms with Crippen molar-refractivity contribution < 1.29 is 52.3 Å². The van der Waals surface area contributed by atoms with Crippen molar-refractivity contribution in [2.24, 2.45) is 5.92 Å². The highest BCUT2D eigenvalue weighted by molar-refractivity contribution is 6.63. The van der Waals surface area contributed by atoms with E-state index in [2.05, 4.69) is 9.97 Å². The van der Waals surface area contributed by atoms with Crippen LogP contribution in [-0.2, 0) is 33.3 Å². The molecule has 0 aromatic carbocycles. The molecule has 0 unspecified atom stereocenters. The second-order valence-corrected chi connectivity index (χ2v) is 11.7.